The van der Waals surface area contributed by atoms with E-state index in [-0.39, 0.29) is 0 Å². The van der Waals surface area contributed by atoms with Crippen molar-refractivity contribution in [1.29, 1.82) is 0 Å². The Morgan fingerprint density at radius 3 is 2.69 bits per heavy atom. The first-order chi connectivity index (χ1) is 7.79. The number of nitrogens with one attached hydrogen (secondary N) is 1. The lowest BCUT2D eigenvalue weighted by molar-refractivity contribution is 0.111. The maximum Gasteiger partial charge on any atom is 0.170 e. The Bertz CT molecular complexity index is 476. The molecule has 1 aromatic carbocycles. The Balaban J connectivity index is 2.02. The molecule has 0 atom stereocenters. The highest BCUT2D eigenvalue weighted by atomic mass is 79.9. The number of H-pyrrole nitrogens is 1. The van der Waals surface area contributed by atoms with Crippen LogP contribution in [0.25, 0.3) is 0 Å². The Morgan fingerprint density at radius 1 is 1.25 bits per heavy atom. The van der Waals surface area contributed by atoms with Crippen molar-refractivity contribution in [3.8, 4) is 0 Å². The summed E-state index contributed by atoms with van der Waals surface area (Å²) in [4.78, 5) is 17.6. The molecule has 16 heavy (non-hydrogen) atoms. The van der Waals surface area contributed by atoms with Gasteiger partial charge in [-0.3, -0.25) is 4.79 Å². The highest BCUT2D eigenvalue weighted by Gasteiger charge is 2.04. The average molecular weight is 279 g/mol. The topological polar surface area (TPSA) is 45.8 Å². The second-order valence-corrected chi connectivity index (χ2v) is 4.43. The molecule has 0 unspecified atom stereocenters. The summed E-state index contributed by atoms with van der Waals surface area (Å²) in [6, 6.07) is 8.17. The number of aryl methyl sites for hydroxylation is 2. The van der Waals surface area contributed by atoms with Crippen LogP contribution in [-0.4, -0.2) is 16.3 Å². The molecule has 0 saturated carbocycles. The lowest BCUT2D eigenvalue weighted by Gasteiger charge is -2.00. The zero-order valence-electron chi connectivity index (χ0n) is 8.61. The van der Waals surface area contributed by atoms with Crippen molar-refractivity contribution in [3.05, 3.63) is 52.0 Å². The molecule has 0 bridgehead atoms. The van der Waals surface area contributed by atoms with E-state index in [0.717, 1.165) is 29.3 Å². The second kappa shape index (κ2) is 5.07. The molecule has 0 aliphatic heterocycles. The quantitative estimate of drug-likeness (QED) is 0.875. The number of hydrogen-bond donors (Lipinski definition) is 1. The molecule has 0 aliphatic rings. The molecule has 2 aromatic rings. The van der Waals surface area contributed by atoms with Gasteiger partial charge >= 0.3 is 0 Å². The van der Waals surface area contributed by atoms with Crippen LogP contribution in [0.15, 0.2) is 35.1 Å². The smallest absolute Gasteiger partial charge is 0.170 e. The van der Waals surface area contributed by atoms with Gasteiger partial charge in [-0.05, 0) is 30.5 Å². The third-order valence-electron chi connectivity index (χ3n) is 2.44. The summed E-state index contributed by atoms with van der Waals surface area (Å²) >= 11 is 3.40. The number of rotatable bonds is 4. The van der Waals surface area contributed by atoms with Crippen molar-refractivity contribution in [1.82, 2.24) is 9.97 Å². The Labute approximate surface area is 102 Å². The maximum atomic E-state index is 10.7. The Kier molecular flexibility index (Phi) is 3.51. The van der Waals surface area contributed by atoms with Crippen molar-refractivity contribution in [3.63, 3.8) is 0 Å². The highest BCUT2D eigenvalue weighted by Crippen LogP contribution is 2.12. The number of aromatic nitrogens is 2. The zero-order valence-corrected chi connectivity index (χ0v) is 10.2. The predicted octanol–water partition coefficient (Wildman–Crippen LogP) is 2.77. The van der Waals surface area contributed by atoms with Gasteiger partial charge in [0.05, 0.1) is 6.33 Å². The predicted molar refractivity (Wildman–Crippen MR) is 65.5 cm³/mol. The molecule has 0 spiro atoms. The van der Waals surface area contributed by atoms with Crippen LogP contribution in [0.4, 0.5) is 0 Å². The summed E-state index contributed by atoms with van der Waals surface area (Å²) in [6.07, 6.45) is 4.04. The lowest BCUT2D eigenvalue weighted by atomic mass is 10.1. The fourth-order valence-electron chi connectivity index (χ4n) is 1.55. The van der Waals surface area contributed by atoms with Crippen LogP contribution < -0.4 is 0 Å². The molecule has 82 valence electrons. The summed E-state index contributed by atoms with van der Waals surface area (Å²) in [5.74, 6) is 0. The van der Waals surface area contributed by atoms with Gasteiger partial charge in [-0.1, -0.05) is 28.1 Å². The molecule has 0 aliphatic carbocycles. The Morgan fingerprint density at radius 2 is 2.00 bits per heavy atom. The van der Waals surface area contributed by atoms with Crippen molar-refractivity contribution < 1.29 is 4.79 Å². The third-order valence-corrected chi connectivity index (χ3v) is 2.97. The van der Waals surface area contributed by atoms with Gasteiger partial charge in [0.2, 0.25) is 0 Å². The first-order valence-electron chi connectivity index (χ1n) is 5.01. The van der Waals surface area contributed by atoms with Gasteiger partial charge < -0.3 is 4.98 Å². The van der Waals surface area contributed by atoms with Crippen molar-refractivity contribution >= 4 is 22.2 Å². The van der Waals surface area contributed by atoms with E-state index in [9.17, 15) is 4.79 Å². The Hall–Kier alpha value is -1.42. The van der Waals surface area contributed by atoms with Crippen LogP contribution in [0.3, 0.4) is 0 Å². The monoisotopic (exact) mass is 278 g/mol. The number of hydrogen-bond acceptors (Lipinski definition) is 2. The normalized spacial score (nSPS) is 10.3. The molecule has 4 heteroatoms. The average Bonchev–Trinajstić information content (AvgIpc) is 2.76. The number of aldehydes is 1. The molecule has 1 aromatic heterocycles. The number of carbonyl (C=O) groups excluding carboxylic acids is 1. The van der Waals surface area contributed by atoms with E-state index in [2.05, 4.69) is 38.0 Å². The molecule has 1 N–H and O–H groups in total. The molecule has 2 rings (SSSR count). The van der Waals surface area contributed by atoms with E-state index in [1.54, 1.807) is 6.33 Å². The summed E-state index contributed by atoms with van der Waals surface area (Å²) in [6.45, 7) is 0. The minimum Gasteiger partial charge on any atom is -0.348 e. The number of benzene rings is 1. The molecule has 0 amide bonds. The maximum absolute atomic E-state index is 10.7. The van der Waals surface area contributed by atoms with Crippen LogP contribution in [0, 0.1) is 0 Å². The largest absolute Gasteiger partial charge is 0.348 e. The van der Waals surface area contributed by atoms with E-state index in [1.165, 1.54) is 5.56 Å². The molecule has 0 radical (unpaired) electrons. The number of aromatic amines is 1. The third kappa shape index (κ3) is 2.58. The summed E-state index contributed by atoms with van der Waals surface area (Å²) in [5.41, 5.74) is 2.66. The SMILES string of the molecule is O=Cc1nc[nH]c1CCc1ccc(Br)cc1. The van der Waals surface area contributed by atoms with Crippen molar-refractivity contribution in [2.24, 2.45) is 0 Å². The van der Waals surface area contributed by atoms with Gasteiger partial charge in [0.1, 0.15) is 5.69 Å². The van der Waals surface area contributed by atoms with Crippen LogP contribution in [-0.2, 0) is 12.8 Å². The zero-order chi connectivity index (χ0) is 11.4. The summed E-state index contributed by atoms with van der Waals surface area (Å²) in [7, 11) is 0. The van der Waals surface area contributed by atoms with Gasteiger partial charge in [0.25, 0.3) is 0 Å². The van der Waals surface area contributed by atoms with E-state index in [1.807, 2.05) is 12.1 Å². The first kappa shape index (κ1) is 11.1. The minimum atomic E-state index is 0.511. The van der Waals surface area contributed by atoms with Gasteiger partial charge in [-0.25, -0.2) is 4.98 Å². The van der Waals surface area contributed by atoms with Gasteiger partial charge in [0, 0.05) is 10.2 Å². The first-order valence-corrected chi connectivity index (χ1v) is 5.81. The van der Waals surface area contributed by atoms with Crippen LogP contribution in [0.5, 0.6) is 0 Å². The standard InChI is InChI=1S/C12H11BrN2O/c13-10-4-1-9(2-5-10)3-6-11-12(7-16)15-8-14-11/h1-2,4-5,7-8H,3,6H2,(H,14,15). The van der Waals surface area contributed by atoms with Crippen LogP contribution >= 0.6 is 15.9 Å². The minimum absolute atomic E-state index is 0.511. The molecule has 0 fully saturated rings. The van der Waals surface area contributed by atoms with Gasteiger partial charge in [0.15, 0.2) is 6.29 Å². The van der Waals surface area contributed by atoms with E-state index in [4.69, 9.17) is 0 Å². The molecule has 1 heterocycles. The van der Waals surface area contributed by atoms with E-state index in [0.29, 0.717) is 5.69 Å². The molecular weight excluding hydrogens is 268 g/mol. The fraction of sp³-hybridized carbons (Fsp3) is 0.167. The number of nitrogens with zero attached hydrogens (tertiary/aromatic N) is 1. The molecule has 3 nitrogen and oxygen atoms in total. The van der Waals surface area contributed by atoms with Crippen LogP contribution in [0.1, 0.15) is 21.7 Å². The van der Waals surface area contributed by atoms with E-state index >= 15 is 0 Å². The highest BCUT2D eigenvalue weighted by molar-refractivity contribution is 9.10. The lowest BCUT2D eigenvalue weighted by Crippen LogP contribution is -1.95. The van der Waals surface area contributed by atoms with Crippen molar-refractivity contribution in [2.45, 2.75) is 12.8 Å². The molecular formula is C12H11BrN2O. The number of halogens is 1. The number of carbonyl (C=O) groups is 1. The fourth-order valence-corrected chi connectivity index (χ4v) is 1.82. The van der Waals surface area contributed by atoms with Crippen LogP contribution in [0.2, 0.25) is 0 Å². The van der Waals surface area contributed by atoms with Gasteiger partial charge in [-0.15, -0.1) is 0 Å². The second-order valence-electron chi connectivity index (χ2n) is 3.51. The van der Waals surface area contributed by atoms with E-state index < -0.39 is 0 Å². The summed E-state index contributed by atoms with van der Waals surface area (Å²) < 4.78 is 1.08. The number of imidazole rings is 1. The molecule has 0 saturated heterocycles. The van der Waals surface area contributed by atoms with Gasteiger partial charge in [-0.2, -0.15) is 0 Å². The van der Waals surface area contributed by atoms with Crippen molar-refractivity contribution in [2.75, 3.05) is 0 Å². The summed E-state index contributed by atoms with van der Waals surface area (Å²) in [5, 5.41) is 0.